The van der Waals surface area contributed by atoms with E-state index in [2.05, 4.69) is 160 Å². The molecule has 56 heavy (non-hydrogen) atoms. The summed E-state index contributed by atoms with van der Waals surface area (Å²) >= 11 is 0. The molecule has 0 bridgehead atoms. The van der Waals surface area contributed by atoms with Crippen LogP contribution < -0.4 is 0 Å². The Kier molecular flexibility index (Phi) is 6.63. The molecule has 0 aliphatic heterocycles. The Morgan fingerprint density at radius 3 is 1.80 bits per heavy atom. The Balaban J connectivity index is 1.03. The van der Waals surface area contributed by atoms with E-state index >= 15 is 0 Å². The van der Waals surface area contributed by atoms with Gasteiger partial charge in [0.1, 0.15) is 11.2 Å². The van der Waals surface area contributed by atoms with E-state index in [0.717, 1.165) is 60.9 Å². The molecule has 0 amide bonds. The highest BCUT2D eigenvalue weighted by molar-refractivity contribution is 6.14. The molecule has 262 valence electrons. The highest BCUT2D eigenvalue weighted by Gasteiger charge is 2.31. The second kappa shape index (κ2) is 12.0. The SMILES string of the molecule is c1ccc(-c2nnc(-c3ccc(C4c5ccccc5-c5cc(-c6c(-n7c8ccccc8c8ccccc87)ccc7c6oc6ccccc67)ccc54)cc3)o2)cc1. The quantitative estimate of drug-likeness (QED) is 0.178. The average Bonchev–Trinajstić information content (AvgIpc) is 4.05. The van der Waals surface area contributed by atoms with Crippen LogP contribution >= 0.6 is 0 Å². The topological polar surface area (TPSA) is 57.0 Å². The van der Waals surface area contributed by atoms with Gasteiger partial charge in [0, 0.05) is 44.2 Å². The van der Waals surface area contributed by atoms with Gasteiger partial charge in [-0.15, -0.1) is 10.2 Å². The van der Waals surface area contributed by atoms with Gasteiger partial charge in [0.2, 0.25) is 11.8 Å². The van der Waals surface area contributed by atoms with Gasteiger partial charge in [-0.05, 0) is 94.0 Å². The Bertz CT molecular complexity index is 3260. The minimum atomic E-state index is 0.0747. The van der Waals surface area contributed by atoms with Gasteiger partial charge in [-0.1, -0.05) is 121 Å². The van der Waals surface area contributed by atoms with Crippen LogP contribution in [0.25, 0.3) is 94.6 Å². The minimum absolute atomic E-state index is 0.0747. The molecule has 8 aromatic carbocycles. The first kappa shape index (κ1) is 30.9. The summed E-state index contributed by atoms with van der Waals surface area (Å²) < 4.78 is 15.3. The van der Waals surface area contributed by atoms with Gasteiger partial charge in [0.05, 0.1) is 16.7 Å². The van der Waals surface area contributed by atoms with E-state index in [9.17, 15) is 0 Å². The number of nitrogens with zero attached hydrogens (tertiary/aromatic N) is 3. The van der Waals surface area contributed by atoms with Gasteiger partial charge in [0.15, 0.2) is 0 Å². The number of rotatable bonds is 5. The maximum absolute atomic E-state index is 6.82. The minimum Gasteiger partial charge on any atom is -0.455 e. The van der Waals surface area contributed by atoms with Crippen molar-refractivity contribution in [2.75, 3.05) is 0 Å². The Labute approximate surface area is 321 Å². The number of hydrogen-bond donors (Lipinski definition) is 0. The zero-order chi connectivity index (χ0) is 36.7. The standard InChI is InChI=1S/C51H31N3O2/c1-2-12-32(13-3-1)50-52-53-51(56-50)33-24-22-31(23-25-33)47-39-18-5-4-14-35(39)42-30-34(26-27-40(42)47)48-45(29-28-41-38-17-8-11-21-46(38)55-49(41)48)54-43-19-9-6-15-36(43)37-16-7-10-20-44(37)54/h1-30,47H. The lowest BCUT2D eigenvalue weighted by atomic mass is 9.88. The third-order valence-electron chi connectivity index (χ3n) is 11.5. The molecule has 0 N–H and O–H groups in total. The second-order valence-electron chi connectivity index (χ2n) is 14.5. The maximum Gasteiger partial charge on any atom is 0.248 e. The normalized spacial score (nSPS) is 13.5. The molecule has 3 heterocycles. The van der Waals surface area contributed by atoms with Crippen molar-refractivity contribution in [3.05, 3.63) is 199 Å². The third kappa shape index (κ3) is 4.55. The molecule has 0 saturated carbocycles. The zero-order valence-corrected chi connectivity index (χ0v) is 30.1. The fourth-order valence-corrected chi connectivity index (χ4v) is 9.00. The van der Waals surface area contributed by atoms with Crippen LogP contribution in [0.2, 0.25) is 0 Å². The van der Waals surface area contributed by atoms with E-state index < -0.39 is 0 Å². The second-order valence-corrected chi connectivity index (χ2v) is 14.5. The lowest BCUT2D eigenvalue weighted by Gasteiger charge is -2.17. The van der Waals surface area contributed by atoms with Crippen LogP contribution in [-0.4, -0.2) is 14.8 Å². The van der Waals surface area contributed by atoms with E-state index in [1.165, 1.54) is 38.6 Å². The van der Waals surface area contributed by atoms with Crippen LogP contribution in [0.1, 0.15) is 22.6 Å². The van der Waals surface area contributed by atoms with Gasteiger partial charge >= 0.3 is 0 Å². The molecule has 0 fully saturated rings. The van der Waals surface area contributed by atoms with Crippen molar-refractivity contribution in [1.82, 2.24) is 14.8 Å². The van der Waals surface area contributed by atoms with Crippen molar-refractivity contribution >= 4 is 43.7 Å². The molecule has 0 radical (unpaired) electrons. The molecule has 0 spiro atoms. The van der Waals surface area contributed by atoms with E-state index in [4.69, 9.17) is 8.83 Å². The maximum atomic E-state index is 6.82. The van der Waals surface area contributed by atoms with Crippen molar-refractivity contribution in [1.29, 1.82) is 0 Å². The van der Waals surface area contributed by atoms with Crippen LogP contribution in [0.3, 0.4) is 0 Å². The fraction of sp³-hybridized carbons (Fsp3) is 0.0196. The number of furan rings is 1. The molecule has 11 aromatic rings. The van der Waals surface area contributed by atoms with Gasteiger partial charge in [-0.2, -0.15) is 0 Å². The van der Waals surface area contributed by atoms with Crippen molar-refractivity contribution in [3.8, 4) is 50.8 Å². The molecule has 1 aliphatic carbocycles. The summed E-state index contributed by atoms with van der Waals surface area (Å²) in [7, 11) is 0. The van der Waals surface area contributed by atoms with E-state index in [-0.39, 0.29) is 5.92 Å². The molecular formula is C51H31N3O2. The molecule has 5 heteroatoms. The van der Waals surface area contributed by atoms with Crippen LogP contribution in [-0.2, 0) is 0 Å². The molecule has 12 rings (SSSR count). The molecular weight excluding hydrogens is 687 g/mol. The summed E-state index contributed by atoms with van der Waals surface area (Å²) in [6.07, 6.45) is 0. The van der Waals surface area contributed by atoms with Crippen molar-refractivity contribution in [3.63, 3.8) is 0 Å². The summed E-state index contributed by atoms with van der Waals surface area (Å²) in [5.74, 6) is 1.09. The first-order chi connectivity index (χ1) is 27.8. The average molecular weight is 718 g/mol. The van der Waals surface area contributed by atoms with Crippen LogP contribution in [0.4, 0.5) is 0 Å². The predicted octanol–water partition coefficient (Wildman–Crippen LogP) is 13.2. The summed E-state index contributed by atoms with van der Waals surface area (Å²) in [5.41, 5.74) is 15.4. The summed E-state index contributed by atoms with van der Waals surface area (Å²) in [4.78, 5) is 0. The van der Waals surface area contributed by atoms with Crippen molar-refractivity contribution in [2.24, 2.45) is 0 Å². The monoisotopic (exact) mass is 717 g/mol. The third-order valence-corrected chi connectivity index (χ3v) is 11.5. The molecule has 0 saturated heterocycles. The largest absolute Gasteiger partial charge is 0.455 e. The molecule has 1 unspecified atom stereocenters. The smallest absolute Gasteiger partial charge is 0.248 e. The van der Waals surface area contributed by atoms with Gasteiger partial charge in [-0.3, -0.25) is 0 Å². The lowest BCUT2D eigenvalue weighted by molar-refractivity contribution is 0.584. The summed E-state index contributed by atoms with van der Waals surface area (Å²) in [6.45, 7) is 0. The van der Waals surface area contributed by atoms with E-state index in [1.54, 1.807) is 0 Å². The number of para-hydroxylation sites is 3. The first-order valence-electron chi connectivity index (χ1n) is 18.9. The fourth-order valence-electron chi connectivity index (χ4n) is 9.00. The van der Waals surface area contributed by atoms with Crippen LogP contribution in [0, 0.1) is 0 Å². The zero-order valence-electron chi connectivity index (χ0n) is 30.1. The van der Waals surface area contributed by atoms with Crippen LogP contribution in [0.15, 0.2) is 191 Å². The van der Waals surface area contributed by atoms with Crippen molar-refractivity contribution in [2.45, 2.75) is 5.92 Å². The Morgan fingerprint density at radius 2 is 1.04 bits per heavy atom. The number of hydrogen-bond acceptors (Lipinski definition) is 4. The van der Waals surface area contributed by atoms with Gasteiger partial charge in [-0.25, -0.2) is 0 Å². The van der Waals surface area contributed by atoms with Gasteiger partial charge < -0.3 is 13.4 Å². The van der Waals surface area contributed by atoms with Crippen molar-refractivity contribution < 1.29 is 8.83 Å². The van der Waals surface area contributed by atoms with E-state index in [0.29, 0.717) is 11.8 Å². The molecule has 1 atom stereocenters. The van der Waals surface area contributed by atoms with E-state index in [1.807, 2.05) is 36.4 Å². The number of aromatic nitrogens is 3. The highest BCUT2D eigenvalue weighted by Crippen LogP contribution is 2.51. The van der Waals surface area contributed by atoms with Gasteiger partial charge in [0.25, 0.3) is 0 Å². The summed E-state index contributed by atoms with van der Waals surface area (Å²) in [6, 6.07) is 64.5. The molecule has 3 aromatic heterocycles. The Morgan fingerprint density at radius 1 is 0.429 bits per heavy atom. The number of fused-ring (bicyclic) bond motifs is 9. The molecule has 5 nitrogen and oxygen atoms in total. The predicted molar refractivity (Wildman–Crippen MR) is 225 cm³/mol. The highest BCUT2D eigenvalue weighted by atomic mass is 16.4. The van der Waals surface area contributed by atoms with Crippen LogP contribution in [0.5, 0.6) is 0 Å². The first-order valence-corrected chi connectivity index (χ1v) is 18.9. The molecule has 1 aliphatic rings. The number of benzene rings is 8. The summed E-state index contributed by atoms with van der Waals surface area (Å²) in [5, 5.41) is 13.4. The Hall–Kier alpha value is -7.50. The lowest BCUT2D eigenvalue weighted by Crippen LogP contribution is -2.00.